The first-order valence-corrected chi connectivity index (χ1v) is 9.88. The summed E-state index contributed by atoms with van der Waals surface area (Å²) in [5.74, 6) is 0. The molecule has 2 aliphatic heterocycles. The molecule has 100 valence electrons. The Bertz CT molecular complexity index is 543. The molecule has 1 aromatic heterocycles. The summed E-state index contributed by atoms with van der Waals surface area (Å²) < 4.78 is 28.4. The van der Waals surface area contributed by atoms with Gasteiger partial charge in [-0.25, -0.2) is 8.42 Å². The van der Waals surface area contributed by atoms with Crippen molar-refractivity contribution in [2.24, 2.45) is 0 Å². The van der Waals surface area contributed by atoms with Crippen LogP contribution in [0.25, 0.3) is 0 Å². The maximum atomic E-state index is 12.7. The van der Waals surface area contributed by atoms with Crippen molar-refractivity contribution in [1.82, 2.24) is 4.31 Å². The molecule has 0 saturated carbocycles. The Kier molecular flexibility index (Phi) is 3.64. The minimum absolute atomic E-state index is 0.180. The van der Waals surface area contributed by atoms with E-state index in [0.29, 0.717) is 9.04 Å². The Hall–Kier alpha value is 0.570. The summed E-state index contributed by atoms with van der Waals surface area (Å²) in [5, 5.41) is 0. The van der Waals surface area contributed by atoms with Gasteiger partial charge in [-0.2, -0.15) is 4.31 Å². The van der Waals surface area contributed by atoms with Crippen molar-refractivity contribution in [2.75, 3.05) is 0 Å². The Morgan fingerprint density at radius 2 is 1.83 bits per heavy atom. The number of piperidine rings is 1. The average Bonchev–Trinajstić information content (AvgIpc) is 2.83. The van der Waals surface area contributed by atoms with Gasteiger partial charge in [-0.05, 0) is 53.7 Å². The van der Waals surface area contributed by atoms with E-state index in [0.717, 1.165) is 29.5 Å². The van der Waals surface area contributed by atoms with E-state index in [4.69, 9.17) is 0 Å². The van der Waals surface area contributed by atoms with Crippen molar-refractivity contribution >= 4 is 53.2 Å². The molecule has 1 aromatic rings. The molecule has 2 aliphatic rings. The molecule has 3 heterocycles. The van der Waals surface area contributed by atoms with E-state index in [9.17, 15) is 8.42 Å². The van der Waals surface area contributed by atoms with Gasteiger partial charge in [0.25, 0.3) is 10.0 Å². The lowest BCUT2D eigenvalue weighted by atomic mass is 10.1. The lowest BCUT2D eigenvalue weighted by Gasteiger charge is -2.35. The van der Waals surface area contributed by atoms with Crippen LogP contribution in [0.5, 0.6) is 0 Å². The fourth-order valence-electron chi connectivity index (χ4n) is 3.00. The summed E-state index contributed by atoms with van der Waals surface area (Å²) in [7, 11) is -3.30. The van der Waals surface area contributed by atoms with Crippen LogP contribution in [0.4, 0.5) is 0 Å². The van der Waals surface area contributed by atoms with Gasteiger partial charge in [-0.3, -0.25) is 0 Å². The predicted molar refractivity (Wildman–Crippen MR) is 79.8 cm³/mol. The van der Waals surface area contributed by atoms with Crippen molar-refractivity contribution < 1.29 is 8.42 Å². The van der Waals surface area contributed by atoms with Gasteiger partial charge in [-0.15, -0.1) is 11.3 Å². The molecule has 2 saturated heterocycles. The van der Waals surface area contributed by atoms with Crippen LogP contribution in [0.15, 0.2) is 20.1 Å². The quantitative estimate of drug-likeness (QED) is 0.693. The molecular weight excluding hydrogens is 402 g/mol. The second-order valence-electron chi connectivity index (χ2n) is 4.85. The normalized spacial score (nSPS) is 32.9. The van der Waals surface area contributed by atoms with Gasteiger partial charge in [-0.1, -0.05) is 15.9 Å². The molecule has 3 nitrogen and oxygen atoms in total. The highest BCUT2D eigenvalue weighted by molar-refractivity contribution is 9.11. The summed E-state index contributed by atoms with van der Waals surface area (Å²) in [5.41, 5.74) is 0. The third-order valence-electron chi connectivity index (χ3n) is 3.69. The highest BCUT2D eigenvalue weighted by atomic mass is 79.9. The van der Waals surface area contributed by atoms with Gasteiger partial charge < -0.3 is 0 Å². The number of fused-ring (bicyclic) bond motifs is 2. The molecule has 0 spiro atoms. The van der Waals surface area contributed by atoms with Crippen LogP contribution in [-0.4, -0.2) is 29.6 Å². The van der Waals surface area contributed by atoms with Gasteiger partial charge in [0.05, 0.1) is 3.79 Å². The number of thiophene rings is 1. The van der Waals surface area contributed by atoms with E-state index in [1.54, 1.807) is 16.4 Å². The van der Waals surface area contributed by atoms with E-state index in [1.807, 2.05) is 0 Å². The lowest BCUT2D eigenvalue weighted by molar-refractivity contribution is 0.255. The number of alkyl halides is 1. The first kappa shape index (κ1) is 13.5. The molecule has 18 heavy (non-hydrogen) atoms. The SMILES string of the molecule is O=S(=O)(c1ccc(Br)s1)N1C2CCC1CC(Br)C2. The number of sulfonamides is 1. The summed E-state index contributed by atoms with van der Waals surface area (Å²) in [4.78, 5) is 0.469. The Morgan fingerprint density at radius 1 is 1.22 bits per heavy atom. The van der Waals surface area contributed by atoms with Gasteiger partial charge in [0.2, 0.25) is 0 Å². The van der Waals surface area contributed by atoms with E-state index in [-0.39, 0.29) is 12.1 Å². The predicted octanol–water partition coefficient (Wildman–Crippen LogP) is 3.59. The average molecular weight is 415 g/mol. The third kappa shape index (κ3) is 2.22. The standard InChI is InChI=1S/C11H13Br2NO2S2/c12-7-5-8-1-2-9(6-7)14(8)18(15,16)11-4-3-10(13)17-11/h3-4,7-9H,1-2,5-6H2. The summed E-state index contributed by atoms with van der Waals surface area (Å²) in [6.07, 6.45) is 3.86. The molecule has 0 N–H and O–H groups in total. The number of rotatable bonds is 2. The van der Waals surface area contributed by atoms with Crippen LogP contribution in [0.2, 0.25) is 0 Å². The van der Waals surface area contributed by atoms with Crippen LogP contribution >= 0.6 is 43.2 Å². The largest absolute Gasteiger partial charge is 0.253 e. The van der Waals surface area contributed by atoms with E-state index >= 15 is 0 Å². The fraction of sp³-hybridized carbons (Fsp3) is 0.636. The highest BCUT2D eigenvalue weighted by Crippen LogP contribution is 2.43. The zero-order valence-electron chi connectivity index (χ0n) is 9.55. The highest BCUT2D eigenvalue weighted by Gasteiger charge is 2.46. The lowest BCUT2D eigenvalue weighted by Crippen LogP contribution is -2.46. The molecule has 7 heteroatoms. The van der Waals surface area contributed by atoms with Crippen molar-refractivity contribution in [3.63, 3.8) is 0 Å². The van der Waals surface area contributed by atoms with Gasteiger partial charge in [0.1, 0.15) is 4.21 Å². The Morgan fingerprint density at radius 3 is 2.33 bits per heavy atom. The van der Waals surface area contributed by atoms with Crippen LogP contribution in [0, 0.1) is 0 Å². The van der Waals surface area contributed by atoms with Gasteiger partial charge in [0, 0.05) is 16.9 Å². The van der Waals surface area contributed by atoms with Crippen LogP contribution in [0.1, 0.15) is 25.7 Å². The van der Waals surface area contributed by atoms with Crippen molar-refractivity contribution in [1.29, 1.82) is 0 Å². The van der Waals surface area contributed by atoms with Crippen molar-refractivity contribution in [3.05, 3.63) is 15.9 Å². The molecular formula is C11H13Br2NO2S2. The molecule has 2 fully saturated rings. The molecule has 0 amide bonds. The fourth-order valence-corrected chi connectivity index (χ4v) is 7.87. The minimum atomic E-state index is -3.30. The number of halogens is 2. The zero-order valence-corrected chi connectivity index (χ0v) is 14.4. The van der Waals surface area contributed by atoms with E-state index in [1.165, 1.54) is 11.3 Å². The van der Waals surface area contributed by atoms with E-state index in [2.05, 4.69) is 31.9 Å². The molecule has 0 aromatic carbocycles. The summed E-state index contributed by atoms with van der Waals surface area (Å²) >= 11 is 8.27. The maximum Gasteiger partial charge on any atom is 0.253 e. The second-order valence-corrected chi connectivity index (χ2v) is 10.7. The first-order chi connectivity index (χ1) is 8.48. The number of hydrogen-bond acceptors (Lipinski definition) is 3. The second kappa shape index (κ2) is 4.84. The monoisotopic (exact) mass is 413 g/mol. The summed E-state index contributed by atoms with van der Waals surface area (Å²) in [6, 6.07) is 3.86. The third-order valence-corrected chi connectivity index (χ3v) is 8.53. The summed E-state index contributed by atoms with van der Waals surface area (Å²) in [6.45, 7) is 0. The van der Waals surface area contributed by atoms with Gasteiger partial charge in [0.15, 0.2) is 0 Å². The minimum Gasteiger partial charge on any atom is -0.206 e. The van der Waals surface area contributed by atoms with Gasteiger partial charge >= 0.3 is 0 Å². The molecule has 3 rings (SSSR count). The molecule has 2 unspecified atom stereocenters. The molecule has 0 aliphatic carbocycles. The van der Waals surface area contributed by atoms with Crippen molar-refractivity contribution in [3.8, 4) is 0 Å². The zero-order chi connectivity index (χ0) is 12.9. The Balaban J connectivity index is 1.96. The number of nitrogens with zero attached hydrogens (tertiary/aromatic N) is 1. The number of hydrogen-bond donors (Lipinski definition) is 0. The van der Waals surface area contributed by atoms with E-state index < -0.39 is 10.0 Å². The smallest absolute Gasteiger partial charge is 0.206 e. The van der Waals surface area contributed by atoms with Crippen LogP contribution in [-0.2, 0) is 10.0 Å². The Labute approximate surface area is 128 Å². The van der Waals surface area contributed by atoms with Crippen LogP contribution < -0.4 is 0 Å². The molecule has 2 bridgehead atoms. The van der Waals surface area contributed by atoms with Crippen molar-refractivity contribution in [2.45, 2.75) is 46.8 Å². The first-order valence-electron chi connectivity index (χ1n) is 5.91. The molecule has 2 atom stereocenters. The van der Waals surface area contributed by atoms with Crippen LogP contribution in [0.3, 0.4) is 0 Å². The molecule has 0 radical (unpaired) electrons. The maximum absolute atomic E-state index is 12.7. The topological polar surface area (TPSA) is 37.4 Å².